The Hall–Kier alpha value is -4.46. The number of hydrogen-bond acceptors (Lipinski definition) is 4. The summed E-state index contributed by atoms with van der Waals surface area (Å²) in [5.74, 6) is -0.906. The molecule has 0 radical (unpaired) electrons. The van der Waals surface area contributed by atoms with Crippen molar-refractivity contribution in [1.82, 2.24) is 25.0 Å². The molecule has 1 aliphatic rings. The molecular formula is C29H29N5O3. The van der Waals surface area contributed by atoms with Gasteiger partial charge in [-0.3, -0.25) is 19.5 Å². The Bertz CT molecular complexity index is 1470. The van der Waals surface area contributed by atoms with Crippen molar-refractivity contribution in [3.8, 4) is 11.3 Å². The van der Waals surface area contributed by atoms with Crippen LogP contribution in [0.25, 0.3) is 11.3 Å². The number of amides is 2. The van der Waals surface area contributed by atoms with Gasteiger partial charge in [-0.2, -0.15) is 5.10 Å². The fourth-order valence-electron chi connectivity index (χ4n) is 4.20. The third-order valence-electron chi connectivity index (χ3n) is 6.69. The molecule has 4 aromatic rings. The summed E-state index contributed by atoms with van der Waals surface area (Å²) in [4.78, 5) is 41.4. The maximum absolute atomic E-state index is 13.6. The molecule has 0 bridgehead atoms. The van der Waals surface area contributed by atoms with Crippen molar-refractivity contribution in [3.63, 3.8) is 0 Å². The van der Waals surface area contributed by atoms with E-state index in [0.29, 0.717) is 6.54 Å². The van der Waals surface area contributed by atoms with E-state index in [0.717, 1.165) is 35.4 Å². The number of pyridine rings is 1. The highest BCUT2D eigenvalue weighted by Crippen LogP contribution is 2.24. The van der Waals surface area contributed by atoms with Gasteiger partial charge in [0.2, 0.25) is 5.43 Å². The molecule has 1 saturated carbocycles. The van der Waals surface area contributed by atoms with Gasteiger partial charge in [0.05, 0.1) is 17.4 Å². The quantitative estimate of drug-likeness (QED) is 0.386. The lowest BCUT2D eigenvalue weighted by Gasteiger charge is -2.24. The number of hydrogen-bond donors (Lipinski definition) is 2. The van der Waals surface area contributed by atoms with Crippen LogP contribution in [-0.4, -0.2) is 44.6 Å². The SMILES string of the molecule is C[C@@H](c1cc(-c2ccccc2)n[nH]1)N(C)C(=O)c1cn(Cc2ccccc2)cc(C(=O)NC2CC2)c1=O. The Morgan fingerprint density at radius 1 is 1.05 bits per heavy atom. The minimum absolute atomic E-state index is 0.0253. The molecule has 8 nitrogen and oxygen atoms in total. The minimum atomic E-state index is -0.568. The molecule has 1 atom stereocenters. The number of aromatic amines is 1. The maximum Gasteiger partial charge on any atom is 0.259 e. The van der Waals surface area contributed by atoms with Gasteiger partial charge in [-0.1, -0.05) is 60.7 Å². The Morgan fingerprint density at radius 3 is 2.38 bits per heavy atom. The molecule has 37 heavy (non-hydrogen) atoms. The summed E-state index contributed by atoms with van der Waals surface area (Å²) in [6.45, 7) is 2.29. The molecule has 188 valence electrons. The highest BCUT2D eigenvalue weighted by Gasteiger charge is 2.28. The number of nitrogens with zero attached hydrogens (tertiary/aromatic N) is 3. The van der Waals surface area contributed by atoms with Crippen molar-refractivity contribution < 1.29 is 9.59 Å². The molecule has 1 aliphatic carbocycles. The van der Waals surface area contributed by atoms with Gasteiger partial charge in [0.25, 0.3) is 11.8 Å². The van der Waals surface area contributed by atoms with Crippen molar-refractivity contribution in [2.75, 3.05) is 7.05 Å². The maximum atomic E-state index is 13.6. The van der Waals surface area contributed by atoms with Crippen molar-refractivity contribution in [2.24, 2.45) is 0 Å². The van der Waals surface area contributed by atoms with Crippen molar-refractivity contribution >= 4 is 11.8 Å². The first-order valence-corrected chi connectivity index (χ1v) is 12.4. The topological polar surface area (TPSA) is 100 Å². The second-order valence-electron chi connectivity index (χ2n) is 9.49. The number of benzene rings is 2. The first kappa shape index (κ1) is 24.2. The van der Waals surface area contributed by atoms with Crippen LogP contribution in [0.2, 0.25) is 0 Å². The molecule has 1 fully saturated rings. The Balaban J connectivity index is 1.45. The molecule has 2 aromatic carbocycles. The van der Waals surface area contributed by atoms with E-state index in [4.69, 9.17) is 0 Å². The van der Waals surface area contributed by atoms with E-state index in [2.05, 4.69) is 15.5 Å². The molecule has 2 N–H and O–H groups in total. The second kappa shape index (κ2) is 10.3. The molecule has 0 aliphatic heterocycles. The van der Waals surface area contributed by atoms with Gasteiger partial charge >= 0.3 is 0 Å². The van der Waals surface area contributed by atoms with E-state index in [1.54, 1.807) is 11.6 Å². The minimum Gasteiger partial charge on any atom is -0.349 e. The Labute approximate surface area is 215 Å². The summed E-state index contributed by atoms with van der Waals surface area (Å²) in [5.41, 5.74) is 2.82. The largest absolute Gasteiger partial charge is 0.349 e. The van der Waals surface area contributed by atoms with E-state index < -0.39 is 17.2 Å². The predicted molar refractivity (Wildman–Crippen MR) is 141 cm³/mol. The highest BCUT2D eigenvalue weighted by atomic mass is 16.2. The normalized spacial score (nSPS) is 13.7. The van der Waals surface area contributed by atoms with Gasteiger partial charge in [0.15, 0.2) is 0 Å². The monoisotopic (exact) mass is 495 g/mol. The molecule has 2 aromatic heterocycles. The zero-order chi connectivity index (χ0) is 25.9. The first-order valence-electron chi connectivity index (χ1n) is 12.4. The fourth-order valence-corrected chi connectivity index (χ4v) is 4.20. The summed E-state index contributed by atoms with van der Waals surface area (Å²) in [7, 11) is 1.65. The Morgan fingerprint density at radius 2 is 1.70 bits per heavy atom. The van der Waals surface area contributed by atoms with Crippen molar-refractivity contribution in [1.29, 1.82) is 0 Å². The molecule has 0 unspecified atom stereocenters. The van der Waals surface area contributed by atoms with E-state index in [1.165, 1.54) is 17.3 Å². The third-order valence-corrected chi connectivity index (χ3v) is 6.69. The summed E-state index contributed by atoms with van der Waals surface area (Å²) in [6.07, 6.45) is 4.88. The molecule has 0 spiro atoms. The summed E-state index contributed by atoms with van der Waals surface area (Å²) < 4.78 is 1.73. The molecule has 2 heterocycles. The van der Waals surface area contributed by atoms with Crippen LogP contribution in [0.1, 0.15) is 57.8 Å². The van der Waals surface area contributed by atoms with Gasteiger partial charge in [-0.15, -0.1) is 0 Å². The van der Waals surface area contributed by atoms with Gasteiger partial charge in [0.1, 0.15) is 11.1 Å². The Kier molecular flexibility index (Phi) is 6.72. The standard InChI is InChI=1S/C29H29N5O3/c1-19(25-15-26(32-31-25)21-11-7-4-8-12-21)33(2)29(37)24-18-34(16-20-9-5-3-6-10-20)17-23(27(24)35)28(36)30-22-13-14-22/h3-12,15,17-19,22H,13-14,16H2,1-2H3,(H,30,36)(H,31,32)/t19-/m0/s1. The zero-order valence-electron chi connectivity index (χ0n) is 20.8. The lowest BCUT2D eigenvalue weighted by molar-refractivity contribution is 0.0737. The van der Waals surface area contributed by atoms with Crippen LogP contribution >= 0.6 is 0 Å². The average molecular weight is 496 g/mol. The number of rotatable bonds is 8. The number of carbonyl (C=O) groups excluding carboxylic acids is 2. The van der Waals surface area contributed by atoms with Gasteiger partial charge in [-0.05, 0) is 31.4 Å². The number of aromatic nitrogens is 3. The molecular weight excluding hydrogens is 466 g/mol. The summed E-state index contributed by atoms with van der Waals surface area (Å²) >= 11 is 0. The van der Waals surface area contributed by atoms with E-state index in [1.807, 2.05) is 73.7 Å². The molecule has 0 saturated heterocycles. The number of carbonyl (C=O) groups is 2. The van der Waals surface area contributed by atoms with E-state index >= 15 is 0 Å². The lowest BCUT2D eigenvalue weighted by Crippen LogP contribution is -2.37. The van der Waals surface area contributed by atoms with Gasteiger partial charge in [0, 0.05) is 37.6 Å². The molecule has 2 amide bonds. The lowest BCUT2D eigenvalue weighted by atomic mass is 10.1. The van der Waals surface area contributed by atoms with Gasteiger partial charge < -0.3 is 14.8 Å². The smallest absolute Gasteiger partial charge is 0.259 e. The van der Waals surface area contributed by atoms with Crippen LogP contribution in [0.4, 0.5) is 0 Å². The van der Waals surface area contributed by atoms with Crippen LogP contribution in [-0.2, 0) is 6.54 Å². The fraction of sp³-hybridized carbons (Fsp3) is 0.241. The van der Waals surface area contributed by atoms with Crippen molar-refractivity contribution in [2.45, 2.75) is 38.4 Å². The van der Waals surface area contributed by atoms with Crippen LogP contribution < -0.4 is 10.7 Å². The summed E-state index contributed by atoms with van der Waals surface area (Å²) in [6, 6.07) is 21.0. The van der Waals surface area contributed by atoms with Crippen LogP contribution in [0, 0.1) is 0 Å². The van der Waals surface area contributed by atoms with Crippen LogP contribution in [0.3, 0.4) is 0 Å². The molecule has 8 heteroatoms. The third kappa shape index (κ3) is 5.38. The first-order chi connectivity index (χ1) is 17.9. The van der Waals surface area contributed by atoms with Crippen molar-refractivity contribution in [3.05, 3.63) is 112 Å². The zero-order valence-corrected chi connectivity index (χ0v) is 20.8. The second-order valence-corrected chi connectivity index (χ2v) is 9.49. The highest BCUT2D eigenvalue weighted by molar-refractivity contribution is 5.99. The van der Waals surface area contributed by atoms with Crippen LogP contribution in [0.15, 0.2) is 83.9 Å². The molecule has 5 rings (SSSR count). The van der Waals surface area contributed by atoms with E-state index in [9.17, 15) is 14.4 Å². The number of H-pyrrole nitrogens is 1. The number of nitrogens with one attached hydrogen (secondary N) is 2. The van der Waals surface area contributed by atoms with Gasteiger partial charge in [-0.25, -0.2) is 0 Å². The summed E-state index contributed by atoms with van der Waals surface area (Å²) in [5, 5.41) is 10.3. The van der Waals surface area contributed by atoms with Crippen LogP contribution in [0.5, 0.6) is 0 Å². The average Bonchev–Trinajstić information content (AvgIpc) is 3.60. The predicted octanol–water partition coefficient (Wildman–Crippen LogP) is 4.01. The van der Waals surface area contributed by atoms with E-state index in [-0.39, 0.29) is 23.2 Å².